The third-order valence-corrected chi connectivity index (χ3v) is 6.78. The van der Waals surface area contributed by atoms with Crippen LogP contribution in [-0.2, 0) is 27.9 Å². The molecule has 29 heavy (non-hydrogen) atoms. The molecule has 1 heterocycles. The lowest BCUT2D eigenvalue weighted by Crippen LogP contribution is -2.40. The molecule has 0 aliphatic carbocycles. The van der Waals surface area contributed by atoms with E-state index in [-0.39, 0.29) is 12.5 Å². The summed E-state index contributed by atoms with van der Waals surface area (Å²) >= 11 is 2.15. The summed E-state index contributed by atoms with van der Waals surface area (Å²) in [6.07, 6.45) is 3.66. The van der Waals surface area contributed by atoms with E-state index in [0.717, 1.165) is 39.3 Å². The molecule has 1 amide bonds. The average Bonchev–Trinajstić information content (AvgIpc) is 3.19. The number of halogens is 1. The molecule has 3 rings (SSSR count). The van der Waals surface area contributed by atoms with Crippen LogP contribution in [0.2, 0.25) is 0 Å². The Morgan fingerprint density at radius 1 is 1.03 bits per heavy atom. The summed E-state index contributed by atoms with van der Waals surface area (Å²) in [4.78, 5) is 14.8. The number of rotatable bonds is 8. The van der Waals surface area contributed by atoms with Gasteiger partial charge in [-0.25, -0.2) is 8.42 Å². The van der Waals surface area contributed by atoms with Crippen LogP contribution < -0.4 is 9.62 Å². The number of likely N-dealkylation sites (tertiary alicyclic amines) is 1. The maximum absolute atomic E-state index is 12.4. The van der Waals surface area contributed by atoms with Gasteiger partial charge in [0, 0.05) is 16.7 Å². The van der Waals surface area contributed by atoms with Gasteiger partial charge in [-0.2, -0.15) is 0 Å². The van der Waals surface area contributed by atoms with Crippen LogP contribution in [0.15, 0.2) is 48.5 Å². The van der Waals surface area contributed by atoms with E-state index in [1.54, 1.807) is 12.1 Å². The molecule has 1 aliphatic rings. The summed E-state index contributed by atoms with van der Waals surface area (Å²) in [5.41, 5.74) is 2.74. The Morgan fingerprint density at radius 3 is 2.21 bits per heavy atom. The second-order valence-corrected chi connectivity index (χ2v) is 10.5. The third-order valence-electron chi connectivity index (χ3n) is 4.92. The van der Waals surface area contributed by atoms with E-state index in [1.165, 1.54) is 18.4 Å². The molecule has 0 bridgehead atoms. The van der Waals surface area contributed by atoms with Crippen molar-refractivity contribution in [1.29, 1.82) is 0 Å². The minimum absolute atomic E-state index is 0.244. The van der Waals surface area contributed by atoms with Gasteiger partial charge in [-0.15, -0.1) is 0 Å². The highest BCUT2D eigenvalue weighted by Gasteiger charge is 2.20. The van der Waals surface area contributed by atoms with Crippen molar-refractivity contribution in [2.24, 2.45) is 0 Å². The predicted molar refractivity (Wildman–Crippen MR) is 124 cm³/mol. The number of amides is 1. The highest BCUT2D eigenvalue weighted by Crippen LogP contribution is 2.19. The fraction of sp³-hybridized carbons (Fsp3) is 0.381. The topological polar surface area (TPSA) is 69.7 Å². The lowest BCUT2D eigenvalue weighted by molar-refractivity contribution is -0.119. The summed E-state index contributed by atoms with van der Waals surface area (Å²) in [7, 11) is -3.56. The largest absolute Gasteiger partial charge is 0.350 e. The summed E-state index contributed by atoms with van der Waals surface area (Å²) in [6.45, 7) is 3.41. The normalized spacial score (nSPS) is 14.7. The number of sulfonamides is 1. The minimum Gasteiger partial charge on any atom is -0.350 e. The number of hydrogen-bond donors (Lipinski definition) is 1. The molecule has 1 fully saturated rings. The molecule has 0 saturated carbocycles. The van der Waals surface area contributed by atoms with E-state index in [4.69, 9.17) is 0 Å². The van der Waals surface area contributed by atoms with Crippen LogP contribution in [0, 0.1) is 3.57 Å². The van der Waals surface area contributed by atoms with Gasteiger partial charge in [-0.1, -0.05) is 24.3 Å². The zero-order valence-electron chi connectivity index (χ0n) is 16.5. The fourth-order valence-corrected chi connectivity index (χ4v) is 4.57. The summed E-state index contributed by atoms with van der Waals surface area (Å²) in [5.74, 6) is -0.338. The molecule has 1 N–H and O–H groups in total. The van der Waals surface area contributed by atoms with Crippen LogP contribution in [0.4, 0.5) is 5.69 Å². The van der Waals surface area contributed by atoms with E-state index in [2.05, 4.69) is 44.9 Å². The smallest absolute Gasteiger partial charge is 0.241 e. The maximum atomic E-state index is 12.4. The van der Waals surface area contributed by atoms with Gasteiger partial charge in [-0.3, -0.25) is 14.0 Å². The van der Waals surface area contributed by atoms with E-state index in [0.29, 0.717) is 12.2 Å². The first kappa shape index (κ1) is 22.0. The van der Waals surface area contributed by atoms with Gasteiger partial charge >= 0.3 is 0 Å². The summed E-state index contributed by atoms with van der Waals surface area (Å²) in [6, 6.07) is 15.2. The summed E-state index contributed by atoms with van der Waals surface area (Å²) < 4.78 is 26.4. The predicted octanol–water partition coefficient (Wildman–Crippen LogP) is 2.97. The van der Waals surface area contributed by atoms with Crippen molar-refractivity contribution in [3.8, 4) is 0 Å². The molecule has 0 unspecified atom stereocenters. The first-order valence-electron chi connectivity index (χ1n) is 9.61. The Kier molecular flexibility index (Phi) is 7.53. The van der Waals surface area contributed by atoms with Crippen LogP contribution >= 0.6 is 22.6 Å². The SMILES string of the molecule is CS(=O)(=O)N(CC(=O)NCc1ccc(CN2CCCC2)cc1)c1ccc(I)cc1. The second-order valence-electron chi connectivity index (χ2n) is 7.32. The Labute approximate surface area is 186 Å². The van der Waals surface area contributed by atoms with Crippen molar-refractivity contribution >= 4 is 44.2 Å². The minimum atomic E-state index is -3.56. The van der Waals surface area contributed by atoms with Gasteiger partial charge in [0.1, 0.15) is 6.54 Å². The number of benzene rings is 2. The molecule has 0 radical (unpaired) electrons. The Morgan fingerprint density at radius 2 is 1.62 bits per heavy atom. The zero-order valence-corrected chi connectivity index (χ0v) is 19.4. The van der Waals surface area contributed by atoms with Crippen molar-refractivity contribution < 1.29 is 13.2 Å². The monoisotopic (exact) mass is 527 g/mol. The molecule has 1 saturated heterocycles. The lowest BCUT2D eigenvalue weighted by Gasteiger charge is -2.22. The highest BCUT2D eigenvalue weighted by atomic mass is 127. The first-order chi connectivity index (χ1) is 13.8. The quantitative estimate of drug-likeness (QED) is 0.537. The second kappa shape index (κ2) is 9.90. The van der Waals surface area contributed by atoms with E-state index in [1.807, 2.05) is 24.3 Å². The molecule has 8 heteroatoms. The van der Waals surface area contributed by atoms with Crippen molar-refractivity contribution in [2.75, 3.05) is 30.2 Å². The number of nitrogens with one attached hydrogen (secondary N) is 1. The lowest BCUT2D eigenvalue weighted by atomic mass is 10.1. The number of anilines is 1. The Balaban J connectivity index is 1.55. The van der Waals surface area contributed by atoms with Gasteiger partial charge in [0.15, 0.2) is 0 Å². The van der Waals surface area contributed by atoms with Crippen molar-refractivity contribution in [1.82, 2.24) is 10.2 Å². The van der Waals surface area contributed by atoms with Crippen molar-refractivity contribution in [3.63, 3.8) is 0 Å². The maximum Gasteiger partial charge on any atom is 0.241 e. The molecule has 2 aromatic carbocycles. The fourth-order valence-electron chi connectivity index (χ4n) is 3.36. The number of hydrogen-bond acceptors (Lipinski definition) is 4. The zero-order chi connectivity index (χ0) is 20.9. The first-order valence-corrected chi connectivity index (χ1v) is 12.5. The van der Waals surface area contributed by atoms with Gasteiger partial charge in [0.25, 0.3) is 0 Å². The van der Waals surface area contributed by atoms with Gasteiger partial charge in [0.05, 0.1) is 11.9 Å². The standard InChI is InChI=1S/C21H26IN3O3S/c1-29(27,28)25(20-10-8-19(22)9-11-20)16-21(26)23-14-17-4-6-18(7-5-17)15-24-12-2-3-13-24/h4-11H,2-3,12-16H2,1H3,(H,23,26). The van der Waals surface area contributed by atoms with Gasteiger partial charge in [-0.05, 0) is 83.9 Å². The number of nitrogens with zero attached hydrogens (tertiary/aromatic N) is 2. The highest BCUT2D eigenvalue weighted by molar-refractivity contribution is 14.1. The third kappa shape index (κ3) is 6.68. The van der Waals surface area contributed by atoms with Crippen LogP contribution in [0.1, 0.15) is 24.0 Å². The molecule has 2 aromatic rings. The van der Waals surface area contributed by atoms with Crippen molar-refractivity contribution in [3.05, 3.63) is 63.2 Å². The Bertz CT molecular complexity index is 925. The molecule has 0 spiro atoms. The molecular formula is C21H26IN3O3S. The molecule has 156 valence electrons. The molecule has 0 aromatic heterocycles. The van der Waals surface area contributed by atoms with Crippen molar-refractivity contribution in [2.45, 2.75) is 25.9 Å². The van der Waals surface area contributed by atoms with Gasteiger partial charge < -0.3 is 5.32 Å². The van der Waals surface area contributed by atoms with E-state index >= 15 is 0 Å². The Hall–Kier alpha value is -1.65. The van der Waals surface area contributed by atoms with E-state index in [9.17, 15) is 13.2 Å². The average molecular weight is 527 g/mol. The number of carbonyl (C=O) groups excluding carboxylic acids is 1. The van der Waals surface area contributed by atoms with Crippen LogP contribution in [0.3, 0.4) is 0 Å². The van der Waals surface area contributed by atoms with Crippen LogP contribution in [-0.4, -0.2) is 45.1 Å². The van der Waals surface area contributed by atoms with Crippen LogP contribution in [0.25, 0.3) is 0 Å². The molecule has 0 atom stereocenters. The molecular weight excluding hydrogens is 501 g/mol. The van der Waals surface area contributed by atoms with Gasteiger partial charge in [0.2, 0.25) is 15.9 Å². The molecule has 1 aliphatic heterocycles. The van der Waals surface area contributed by atoms with E-state index < -0.39 is 10.0 Å². The number of carbonyl (C=O) groups is 1. The molecule has 6 nitrogen and oxygen atoms in total. The van der Waals surface area contributed by atoms with Crippen LogP contribution in [0.5, 0.6) is 0 Å². The summed E-state index contributed by atoms with van der Waals surface area (Å²) in [5, 5.41) is 2.82.